The second kappa shape index (κ2) is 9.23. The highest BCUT2D eigenvalue weighted by Gasteiger charge is 2.14. The fourth-order valence-electron chi connectivity index (χ4n) is 2.00. The molecule has 0 bridgehead atoms. The summed E-state index contributed by atoms with van der Waals surface area (Å²) in [5.41, 5.74) is 0. The molecular weight excluding hydrogens is 224 g/mol. The van der Waals surface area contributed by atoms with E-state index in [9.17, 15) is 4.79 Å². The third kappa shape index (κ3) is 8.37. The van der Waals surface area contributed by atoms with E-state index >= 15 is 0 Å². The summed E-state index contributed by atoms with van der Waals surface area (Å²) in [6, 6.07) is 0.362. The van der Waals surface area contributed by atoms with Crippen molar-refractivity contribution in [3.63, 3.8) is 0 Å². The molecule has 0 radical (unpaired) electrons. The molecule has 0 aromatic rings. The Morgan fingerprint density at radius 2 is 1.67 bits per heavy atom. The highest BCUT2D eigenvalue weighted by atomic mass is 16.2. The maximum absolute atomic E-state index is 12.0. The Hall–Kier alpha value is -0.730. The first kappa shape index (κ1) is 17.3. The molecule has 0 saturated heterocycles. The van der Waals surface area contributed by atoms with Crippen LogP contribution < -0.4 is 5.32 Å². The van der Waals surface area contributed by atoms with E-state index in [0.29, 0.717) is 5.92 Å². The summed E-state index contributed by atoms with van der Waals surface area (Å²) in [7, 11) is 0. The number of urea groups is 1. The predicted octanol–water partition coefficient (Wildman–Crippen LogP) is 3.89. The molecule has 1 unspecified atom stereocenters. The molecule has 1 atom stereocenters. The lowest BCUT2D eigenvalue weighted by Gasteiger charge is -2.25. The van der Waals surface area contributed by atoms with Gasteiger partial charge in [-0.1, -0.05) is 40.5 Å². The van der Waals surface area contributed by atoms with Crippen molar-refractivity contribution in [2.75, 3.05) is 13.1 Å². The van der Waals surface area contributed by atoms with E-state index in [1.54, 1.807) is 0 Å². The third-order valence-corrected chi connectivity index (χ3v) is 3.04. The molecule has 0 rings (SSSR count). The van der Waals surface area contributed by atoms with E-state index in [0.717, 1.165) is 25.4 Å². The van der Waals surface area contributed by atoms with Crippen molar-refractivity contribution in [3.05, 3.63) is 0 Å². The molecule has 2 amide bonds. The van der Waals surface area contributed by atoms with E-state index in [-0.39, 0.29) is 12.1 Å². The molecular formula is C15H32N2O. The van der Waals surface area contributed by atoms with Gasteiger partial charge in [0.15, 0.2) is 0 Å². The van der Waals surface area contributed by atoms with E-state index in [1.807, 2.05) is 11.8 Å². The molecule has 0 aromatic heterocycles. The Bertz CT molecular complexity index is 227. The summed E-state index contributed by atoms with van der Waals surface area (Å²) in [6.45, 7) is 14.5. The highest BCUT2D eigenvalue weighted by molar-refractivity contribution is 5.74. The first-order valence-electron chi connectivity index (χ1n) is 7.42. The minimum atomic E-state index is 0.0863. The molecule has 0 heterocycles. The summed E-state index contributed by atoms with van der Waals surface area (Å²) >= 11 is 0. The number of carbonyl (C=O) groups is 1. The van der Waals surface area contributed by atoms with Crippen LogP contribution in [0.3, 0.4) is 0 Å². The number of hydrogen-bond donors (Lipinski definition) is 1. The third-order valence-electron chi connectivity index (χ3n) is 3.04. The van der Waals surface area contributed by atoms with Crippen LogP contribution in [-0.2, 0) is 0 Å². The van der Waals surface area contributed by atoms with Gasteiger partial charge >= 0.3 is 6.03 Å². The maximum Gasteiger partial charge on any atom is 0.317 e. The summed E-state index contributed by atoms with van der Waals surface area (Å²) in [6.07, 6.45) is 3.50. The Morgan fingerprint density at radius 1 is 1.06 bits per heavy atom. The molecule has 0 spiro atoms. The van der Waals surface area contributed by atoms with Crippen LogP contribution in [0.1, 0.15) is 60.8 Å². The number of nitrogens with zero attached hydrogens (tertiary/aromatic N) is 1. The van der Waals surface area contributed by atoms with Gasteiger partial charge in [0.05, 0.1) is 0 Å². The first-order chi connectivity index (χ1) is 8.36. The lowest BCUT2D eigenvalue weighted by molar-refractivity contribution is 0.190. The molecule has 0 aromatic carbocycles. The van der Waals surface area contributed by atoms with Gasteiger partial charge in [0, 0.05) is 19.1 Å². The first-order valence-corrected chi connectivity index (χ1v) is 7.42. The molecule has 3 heteroatoms. The number of carbonyl (C=O) groups excluding carboxylic acids is 1. The van der Waals surface area contributed by atoms with Gasteiger partial charge < -0.3 is 10.2 Å². The van der Waals surface area contributed by atoms with E-state index < -0.39 is 0 Å². The topological polar surface area (TPSA) is 32.3 Å². The summed E-state index contributed by atoms with van der Waals surface area (Å²) in [5, 5.41) is 3.10. The second-order valence-electron chi connectivity index (χ2n) is 6.11. The zero-order chi connectivity index (χ0) is 14.1. The number of hydrogen-bond acceptors (Lipinski definition) is 1. The molecule has 108 valence electrons. The van der Waals surface area contributed by atoms with Gasteiger partial charge in [-0.05, 0) is 32.1 Å². The van der Waals surface area contributed by atoms with Crippen LogP contribution >= 0.6 is 0 Å². The molecule has 0 fully saturated rings. The van der Waals surface area contributed by atoms with Crippen molar-refractivity contribution in [1.82, 2.24) is 10.2 Å². The van der Waals surface area contributed by atoms with Gasteiger partial charge in [0.1, 0.15) is 0 Å². The van der Waals surface area contributed by atoms with Gasteiger partial charge in [-0.15, -0.1) is 0 Å². The monoisotopic (exact) mass is 256 g/mol. The van der Waals surface area contributed by atoms with Crippen molar-refractivity contribution in [2.45, 2.75) is 66.8 Å². The Labute approximate surface area is 113 Å². The van der Waals surface area contributed by atoms with Crippen LogP contribution in [0.5, 0.6) is 0 Å². The molecule has 0 aliphatic carbocycles. The second-order valence-corrected chi connectivity index (χ2v) is 6.11. The van der Waals surface area contributed by atoms with Gasteiger partial charge in [0.25, 0.3) is 0 Å². The number of amides is 2. The molecule has 3 nitrogen and oxygen atoms in total. The van der Waals surface area contributed by atoms with Crippen molar-refractivity contribution < 1.29 is 4.79 Å². The maximum atomic E-state index is 12.0. The fourth-order valence-corrected chi connectivity index (χ4v) is 2.00. The Morgan fingerprint density at radius 3 is 2.11 bits per heavy atom. The summed E-state index contributed by atoms with van der Waals surface area (Å²) in [5.74, 6) is 1.27. The lowest BCUT2D eigenvalue weighted by atomic mass is 10.0. The predicted molar refractivity (Wildman–Crippen MR) is 78.8 cm³/mol. The van der Waals surface area contributed by atoms with Crippen LogP contribution in [0.15, 0.2) is 0 Å². The van der Waals surface area contributed by atoms with Gasteiger partial charge in [-0.25, -0.2) is 4.79 Å². The number of rotatable bonds is 8. The molecule has 18 heavy (non-hydrogen) atoms. The zero-order valence-electron chi connectivity index (χ0n) is 13.1. The van der Waals surface area contributed by atoms with Crippen LogP contribution in [0.4, 0.5) is 4.79 Å². The normalized spacial score (nSPS) is 12.9. The minimum Gasteiger partial charge on any atom is -0.336 e. The molecule has 1 N–H and O–H groups in total. The van der Waals surface area contributed by atoms with Crippen LogP contribution in [0.2, 0.25) is 0 Å². The standard InChI is InChI=1S/C15H32N2O/c1-7-17(11-13(4)5)15(18)16-14(6)10-8-9-12(2)3/h12-14H,7-11H2,1-6H3,(H,16,18). The van der Waals surface area contributed by atoms with E-state index in [4.69, 9.17) is 0 Å². The van der Waals surface area contributed by atoms with E-state index in [2.05, 4.69) is 39.9 Å². The summed E-state index contributed by atoms with van der Waals surface area (Å²) < 4.78 is 0. The molecule has 0 saturated carbocycles. The van der Waals surface area contributed by atoms with Crippen molar-refractivity contribution >= 4 is 6.03 Å². The van der Waals surface area contributed by atoms with Crippen LogP contribution in [-0.4, -0.2) is 30.1 Å². The van der Waals surface area contributed by atoms with Gasteiger partial charge in [-0.3, -0.25) is 0 Å². The van der Waals surface area contributed by atoms with Gasteiger partial charge in [-0.2, -0.15) is 0 Å². The number of nitrogens with one attached hydrogen (secondary N) is 1. The summed E-state index contributed by atoms with van der Waals surface area (Å²) in [4.78, 5) is 13.9. The average Bonchev–Trinajstić information content (AvgIpc) is 2.24. The smallest absolute Gasteiger partial charge is 0.317 e. The Kier molecular flexibility index (Phi) is 8.86. The van der Waals surface area contributed by atoms with Gasteiger partial charge in [0.2, 0.25) is 0 Å². The Balaban J connectivity index is 3.96. The SMILES string of the molecule is CCN(CC(C)C)C(=O)NC(C)CCCC(C)C. The largest absolute Gasteiger partial charge is 0.336 e. The van der Waals surface area contributed by atoms with Crippen molar-refractivity contribution in [3.8, 4) is 0 Å². The van der Waals surface area contributed by atoms with Crippen LogP contribution in [0, 0.1) is 11.8 Å². The molecule has 0 aliphatic heterocycles. The minimum absolute atomic E-state index is 0.0863. The van der Waals surface area contributed by atoms with Crippen molar-refractivity contribution in [2.24, 2.45) is 11.8 Å². The van der Waals surface area contributed by atoms with Crippen LogP contribution in [0.25, 0.3) is 0 Å². The quantitative estimate of drug-likeness (QED) is 0.702. The molecule has 0 aliphatic rings. The zero-order valence-corrected chi connectivity index (χ0v) is 13.1. The van der Waals surface area contributed by atoms with Crippen molar-refractivity contribution in [1.29, 1.82) is 0 Å². The highest BCUT2D eigenvalue weighted by Crippen LogP contribution is 2.08. The average molecular weight is 256 g/mol. The fraction of sp³-hybridized carbons (Fsp3) is 0.933. The lowest BCUT2D eigenvalue weighted by Crippen LogP contribution is -2.45. The van der Waals surface area contributed by atoms with E-state index in [1.165, 1.54) is 12.8 Å².